The number of carbonyl (C=O) groups excluding carboxylic acids is 2. The summed E-state index contributed by atoms with van der Waals surface area (Å²) in [6.45, 7) is 3.83. The van der Waals surface area contributed by atoms with Crippen molar-refractivity contribution in [1.82, 2.24) is 5.32 Å². The van der Waals surface area contributed by atoms with Crippen molar-refractivity contribution in [1.29, 1.82) is 0 Å². The molecule has 5 heteroatoms. The second kappa shape index (κ2) is 8.15. The van der Waals surface area contributed by atoms with Crippen LogP contribution < -0.4 is 16.4 Å². The summed E-state index contributed by atoms with van der Waals surface area (Å²) in [6, 6.07) is 16.2. The summed E-state index contributed by atoms with van der Waals surface area (Å²) in [7, 11) is 0. The molecular weight excluding hydrogens is 302 g/mol. The molecule has 2 atom stereocenters. The van der Waals surface area contributed by atoms with Gasteiger partial charge in [0.25, 0.3) is 0 Å². The molecule has 0 spiro atoms. The van der Waals surface area contributed by atoms with Gasteiger partial charge in [0.1, 0.15) is 6.04 Å². The van der Waals surface area contributed by atoms with E-state index in [4.69, 9.17) is 5.73 Å². The van der Waals surface area contributed by atoms with Gasteiger partial charge in [-0.1, -0.05) is 68.8 Å². The predicted molar refractivity (Wildman–Crippen MR) is 96.5 cm³/mol. The molecule has 0 saturated carbocycles. The fourth-order valence-electron chi connectivity index (χ4n) is 2.49. The zero-order valence-electron chi connectivity index (χ0n) is 14.0. The monoisotopic (exact) mass is 325 g/mol. The summed E-state index contributed by atoms with van der Waals surface area (Å²) in [5.41, 5.74) is 7.98. The van der Waals surface area contributed by atoms with Gasteiger partial charge in [-0.3, -0.25) is 4.79 Å². The van der Waals surface area contributed by atoms with E-state index in [2.05, 4.69) is 10.6 Å². The van der Waals surface area contributed by atoms with E-state index in [1.165, 1.54) is 0 Å². The molecule has 3 amide bonds. The maximum absolute atomic E-state index is 12.3. The highest BCUT2D eigenvalue weighted by molar-refractivity contribution is 5.96. The Morgan fingerprint density at radius 1 is 1.04 bits per heavy atom. The molecule has 0 aliphatic rings. The first kappa shape index (κ1) is 17.5. The summed E-state index contributed by atoms with van der Waals surface area (Å²) < 4.78 is 0. The molecule has 0 aliphatic carbocycles. The lowest BCUT2D eigenvalue weighted by molar-refractivity contribution is -0.120. The summed E-state index contributed by atoms with van der Waals surface area (Å²) in [5, 5.41) is 5.49. The average Bonchev–Trinajstić information content (AvgIpc) is 2.60. The predicted octanol–water partition coefficient (Wildman–Crippen LogP) is 3.38. The number of hydrogen-bond acceptors (Lipinski definition) is 2. The third kappa shape index (κ3) is 4.35. The summed E-state index contributed by atoms with van der Waals surface area (Å²) >= 11 is 0. The number of amides is 3. The zero-order chi connectivity index (χ0) is 17.5. The Labute approximate surface area is 142 Å². The minimum atomic E-state index is -0.695. The summed E-state index contributed by atoms with van der Waals surface area (Å²) in [4.78, 5) is 23.9. The van der Waals surface area contributed by atoms with Crippen molar-refractivity contribution >= 4 is 17.6 Å². The van der Waals surface area contributed by atoms with Crippen molar-refractivity contribution in [3.05, 3.63) is 54.6 Å². The largest absolute Gasteiger partial charge is 0.368 e. The topological polar surface area (TPSA) is 84.2 Å². The molecule has 0 fully saturated rings. The lowest BCUT2D eigenvalue weighted by Crippen LogP contribution is -2.49. The molecule has 2 rings (SSSR count). The number of nitrogens with one attached hydrogen (secondary N) is 2. The van der Waals surface area contributed by atoms with Gasteiger partial charge in [-0.15, -0.1) is 0 Å². The van der Waals surface area contributed by atoms with Gasteiger partial charge in [0.15, 0.2) is 0 Å². The molecule has 0 aromatic heterocycles. The van der Waals surface area contributed by atoms with E-state index in [1.54, 1.807) is 0 Å². The van der Waals surface area contributed by atoms with E-state index < -0.39 is 18.0 Å². The van der Waals surface area contributed by atoms with Crippen LogP contribution in [0.5, 0.6) is 0 Å². The molecule has 0 heterocycles. The molecule has 2 unspecified atom stereocenters. The quantitative estimate of drug-likeness (QED) is 0.760. The number of para-hydroxylation sites is 1. The molecule has 5 nitrogen and oxygen atoms in total. The van der Waals surface area contributed by atoms with E-state index in [9.17, 15) is 9.59 Å². The number of carbonyl (C=O) groups is 2. The highest BCUT2D eigenvalue weighted by Gasteiger charge is 2.23. The molecule has 0 radical (unpaired) electrons. The Morgan fingerprint density at radius 3 is 2.29 bits per heavy atom. The maximum Gasteiger partial charge on any atom is 0.319 e. The Bertz CT molecular complexity index is 701. The van der Waals surface area contributed by atoms with E-state index in [1.807, 2.05) is 68.4 Å². The van der Waals surface area contributed by atoms with Crippen LogP contribution in [-0.2, 0) is 4.79 Å². The van der Waals surface area contributed by atoms with Gasteiger partial charge in [0.05, 0.1) is 5.69 Å². The fourth-order valence-corrected chi connectivity index (χ4v) is 2.49. The number of rotatable bonds is 6. The van der Waals surface area contributed by atoms with Crippen molar-refractivity contribution in [2.45, 2.75) is 26.3 Å². The van der Waals surface area contributed by atoms with Crippen molar-refractivity contribution in [2.75, 3.05) is 5.32 Å². The minimum Gasteiger partial charge on any atom is -0.368 e. The maximum atomic E-state index is 12.3. The first-order valence-corrected chi connectivity index (χ1v) is 8.04. The van der Waals surface area contributed by atoms with Gasteiger partial charge in [-0.2, -0.15) is 0 Å². The summed E-state index contributed by atoms with van der Waals surface area (Å²) in [5.74, 6) is -0.562. The number of primary amides is 1. The normalized spacial score (nSPS) is 12.9. The van der Waals surface area contributed by atoms with Gasteiger partial charge < -0.3 is 16.4 Å². The van der Waals surface area contributed by atoms with Crippen LogP contribution in [0.25, 0.3) is 11.1 Å². The van der Waals surface area contributed by atoms with Crippen LogP contribution in [-0.4, -0.2) is 18.0 Å². The van der Waals surface area contributed by atoms with Crippen LogP contribution in [0.4, 0.5) is 10.5 Å². The highest BCUT2D eigenvalue weighted by Crippen LogP contribution is 2.27. The standard InChI is InChI=1S/C19H23N3O2/c1-3-13(2)17(18(20)23)22-19(24)21-16-12-8-7-11-15(16)14-9-5-4-6-10-14/h4-13,17H,3H2,1-2H3,(H2,20,23)(H2,21,22,24). The Kier molecular flexibility index (Phi) is 5.95. The van der Waals surface area contributed by atoms with Crippen molar-refractivity contribution in [3.8, 4) is 11.1 Å². The van der Waals surface area contributed by atoms with Gasteiger partial charge in [0.2, 0.25) is 5.91 Å². The Balaban J connectivity index is 2.17. The molecule has 2 aromatic carbocycles. The van der Waals surface area contributed by atoms with Gasteiger partial charge in [-0.05, 0) is 17.5 Å². The second-order valence-electron chi connectivity index (χ2n) is 5.78. The molecule has 0 saturated heterocycles. The first-order valence-electron chi connectivity index (χ1n) is 8.04. The third-order valence-electron chi connectivity index (χ3n) is 4.07. The van der Waals surface area contributed by atoms with Crippen molar-refractivity contribution < 1.29 is 9.59 Å². The number of anilines is 1. The molecule has 0 bridgehead atoms. The highest BCUT2D eigenvalue weighted by atomic mass is 16.2. The lowest BCUT2D eigenvalue weighted by Gasteiger charge is -2.21. The summed E-state index contributed by atoms with van der Waals surface area (Å²) in [6.07, 6.45) is 0.745. The Morgan fingerprint density at radius 2 is 1.67 bits per heavy atom. The first-order chi connectivity index (χ1) is 11.5. The molecule has 2 aromatic rings. The van der Waals surface area contributed by atoms with Crippen LogP contribution >= 0.6 is 0 Å². The molecule has 126 valence electrons. The Hall–Kier alpha value is -2.82. The van der Waals surface area contributed by atoms with Crippen molar-refractivity contribution in [3.63, 3.8) is 0 Å². The number of urea groups is 1. The van der Waals surface area contributed by atoms with Gasteiger partial charge >= 0.3 is 6.03 Å². The van der Waals surface area contributed by atoms with E-state index in [0.717, 1.165) is 17.5 Å². The van der Waals surface area contributed by atoms with Crippen LogP contribution in [0.15, 0.2) is 54.6 Å². The third-order valence-corrected chi connectivity index (χ3v) is 4.07. The second-order valence-corrected chi connectivity index (χ2v) is 5.78. The zero-order valence-corrected chi connectivity index (χ0v) is 14.0. The van der Waals surface area contributed by atoms with E-state index in [-0.39, 0.29) is 5.92 Å². The number of benzene rings is 2. The van der Waals surface area contributed by atoms with Crippen molar-refractivity contribution in [2.24, 2.45) is 11.7 Å². The minimum absolute atomic E-state index is 0.0300. The molecule has 24 heavy (non-hydrogen) atoms. The number of hydrogen-bond donors (Lipinski definition) is 3. The molecule has 4 N–H and O–H groups in total. The van der Waals surface area contributed by atoms with Gasteiger partial charge in [-0.25, -0.2) is 4.79 Å². The van der Waals surface area contributed by atoms with Crippen LogP contribution in [0, 0.1) is 5.92 Å². The van der Waals surface area contributed by atoms with Gasteiger partial charge in [0, 0.05) is 5.56 Å². The number of nitrogens with two attached hydrogens (primary N) is 1. The van der Waals surface area contributed by atoms with Crippen LogP contribution in [0.1, 0.15) is 20.3 Å². The molecular formula is C19H23N3O2. The smallest absolute Gasteiger partial charge is 0.319 e. The lowest BCUT2D eigenvalue weighted by atomic mass is 9.99. The average molecular weight is 325 g/mol. The van der Waals surface area contributed by atoms with Crippen LogP contribution in [0.3, 0.4) is 0 Å². The van der Waals surface area contributed by atoms with Crippen LogP contribution in [0.2, 0.25) is 0 Å². The molecule has 0 aliphatic heterocycles. The SMILES string of the molecule is CCC(C)C(NC(=O)Nc1ccccc1-c1ccccc1)C(N)=O. The van der Waals surface area contributed by atoms with E-state index in [0.29, 0.717) is 5.69 Å². The van der Waals surface area contributed by atoms with E-state index >= 15 is 0 Å². The fraction of sp³-hybridized carbons (Fsp3) is 0.263.